The van der Waals surface area contributed by atoms with E-state index in [0.717, 1.165) is 6.54 Å². The topological polar surface area (TPSA) is 48.0 Å². The minimum atomic E-state index is 0.0521. The number of rotatable bonds is 3. The van der Waals surface area contributed by atoms with Crippen LogP contribution in [-0.4, -0.2) is 10.6 Å². The highest BCUT2D eigenvalue weighted by Crippen LogP contribution is 2.31. The van der Waals surface area contributed by atoms with Gasteiger partial charge in [0, 0.05) is 37.1 Å². The monoisotopic (exact) mass is 178 g/mol. The third kappa shape index (κ3) is 2.18. The quantitative estimate of drug-likeness (QED) is 0.736. The minimum Gasteiger partial charge on any atom is -0.352 e. The molecule has 70 valence electrons. The molecular formula is C10H14N2O. The van der Waals surface area contributed by atoms with Crippen LogP contribution in [0.1, 0.15) is 12.8 Å². The van der Waals surface area contributed by atoms with Crippen molar-refractivity contribution in [1.82, 2.24) is 4.57 Å². The van der Waals surface area contributed by atoms with Gasteiger partial charge >= 0.3 is 0 Å². The van der Waals surface area contributed by atoms with E-state index >= 15 is 0 Å². The predicted octanol–water partition coefficient (Wildman–Crippen LogP) is 0.586. The van der Waals surface area contributed by atoms with Crippen molar-refractivity contribution in [3.8, 4) is 0 Å². The third-order valence-electron chi connectivity index (χ3n) is 2.51. The van der Waals surface area contributed by atoms with Crippen LogP contribution < -0.4 is 11.2 Å². The van der Waals surface area contributed by atoms with Crippen LogP contribution in [0.4, 0.5) is 0 Å². The van der Waals surface area contributed by atoms with E-state index in [1.54, 1.807) is 24.5 Å². The lowest BCUT2D eigenvalue weighted by molar-refractivity contribution is 0.501. The molecule has 1 aromatic rings. The highest BCUT2D eigenvalue weighted by atomic mass is 16.1. The molecule has 1 aliphatic carbocycles. The van der Waals surface area contributed by atoms with Crippen molar-refractivity contribution in [3.63, 3.8) is 0 Å². The second-order valence-corrected chi connectivity index (χ2v) is 3.73. The maximum atomic E-state index is 10.8. The third-order valence-corrected chi connectivity index (χ3v) is 2.51. The van der Waals surface area contributed by atoms with Crippen molar-refractivity contribution in [2.45, 2.75) is 25.4 Å². The number of hydrogen-bond acceptors (Lipinski definition) is 2. The molecule has 1 fully saturated rings. The maximum Gasteiger partial charge on any atom is 0.181 e. The lowest BCUT2D eigenvalue weighted by atomic mass is 10.2. The van der Waals surface area contributed by atoms with E-state index in [4.69, 9.17) is 5.73 Å². The molecule has 1 unspecified atom stereocenters. The summed E-state index contributed by atoms with van der Waals surface area (Å²) in [6.45, 7) is 0.824. The van der Waals surface area contributed by atoms with Gasteiger partial charge in [0.05, 0.1) is 0 Å². The van der Waals surface area contributed by atoms with E-state index < -0.39 is 0 Å². The average molecular weight is 178 g/mol. The summed E-state index contributed by atoms with van der Waals surface area (Å²) in [7, 11) is 0. The van der Waals surface area contributed by atoms with Crippen molar-refractivity contribution in [1.29, 1.82) is 0 Å². The molecule has 2 N–H and O–H groups in total. The molecule has 1 aliphatic rings. The molecule has 0 bridgehead atoms. The summed E-state index contributed by atoms with van der Waals surface area (Å²) in [5.74, 6) is 0.708. The first-order valence-corrected chi connectivity index (χ1v) is 4.67. The van der Waals surface area contributed by atoms with E-state index in [9.17, 15) is 4.79 Å². The summed E-state index contributed by atoms with van der Waals surface area (Å²) in [5, 5.41) is 0. The summed E-state index contributed by atoms with van der Waals surface area (Å²) in [4.78, 5) is 10.8. The predicted molar refractivity (Wildman–Crippen MR) is 51.4 cm³/mol. The summed E-state index contributed by atoms with van der Waals surface area (Å²) in [5.41, 5.74) is 6.00. The molecule has 3 heteroatoms. The molecule has 0 radical (unpaired) electrons. The van der Waals surface area contributed by atoms with Crippen LogP contribution in [0.5, 0.6) is 0 Å². The SMILES string of the molecule is NC(Cn1ccc(=O)cc1)C1CC1. The Balaban J connectivity index is 2.00. The smallest absolute Gasteiger partial charge is 0.181 e. The van der Waals surface area contributed by atoms with Crippen LogP contribution in [0.25, 0.3) is 0 Å². The molecule has 13 heavy (non-hydrogen) atoms. The Morgan fingerprint density at radius 1 is 1.46 bits per heavy atom. The Morgan fingerprint density at radius 3 is 2.62 bits per heavy atom. The van der Waals surface area contributed by atoms with E-state index in [-0.39, 0.29) is 11.5 Å². The fraction of sp³-hybridized carbons (Fsp3) is 0.500. The summed E-state index contributed by atoms with van der Waals surface area (Å²) < 4.78 is 1.98. The number of nitrogens with two attached hydrogens (primary N) is 1. The van der Waals surface area contributed by atoms with Crippen LogP contribution >= 0.6 is 0 Å². The normalized spacial score (nSPS) is 18.5. The maximum absolute atomic E-state index is 10.8. The standard InChI is InChI=1S/C10H14N2O/c11-10(8-1-2-8)7-12-5-3-9(13)4-6-12/h3-6,8,10H,1-2,7,11H2. The van der Waals surface area contributed by atoms with Crippen molar-refractivity contribution >= 4 is 0 Å². The van der Waals surface area contributed by atoms with Crippen molar-refractivity contribution in [2.75, 3.05) is 0 Å². The van der Waals surface area contributed by atoms with Crippen LogP contribution in [0.3, 0.4) is 0 Å². The number of nitrogens with zero attached hydrogens (tertiary/aromatic N) is 1. The minimum absolute atomic E-state index is 0.0521. The van der Waals surface area contributed by atoms with Crippen LogP contribution in [0.15, 0.2) is 29.3 Å². The molecule has 0 saturated heterocycles. The highest BCUT2D eigenvalue weighted by Gasteiger charge is 2.28. The largest absolute Gasteiger partial charge is 0.352 e. The fourth-order valence-corrected chi connectivity index (χ4v) is 1.48. The number of hydrogen-bond donors (Lipinski definition) is 1. The van der Waals surface area contributed by atoms with Gasteiger partial charge in [0.25, 0.3) is 0 Å². The number of aromatic nitrogens is 1. The van der Waals surface area contributed by atoms with Gasteiger partial charge in [0.2, 0.25) is 0 Å². The summed E-state index contributed by atoms with van der Waals surface area (Å²) in [6.07, 6.45) is 6.12. The van der Waals surface area contributed by atoms with Gasteiger partial charge in [-0.05, 0) is 18.8 Å². The molecular weight excluding hydrogens is 164 g/mol. The van der Waals surface area contributed by atoms with E-state index in [0.29, 0.717) is 5.92 Å². The molecule has 1 saturated carbocycles. The Bertz CT molecular complexity index is 321. The summed E-state index contributed by atoms with van der Waals surface area (Å²) in [6, 6.07) is 3.39. The molecule has 0 aliphatic heterocycles. The molecule has 0 amide bonds. The van der Waals surface area contributed by atoms with Crippen molar-refractivity contribution < 1.29 is 0 Å². The van der Waals surface area contributed by atoms with E-state index in [1.165, 1.54) is 12.8 Å². The van der Waals surface area contributed by atoms with Gasteiger partial charge in [-0.3, -0.25) is 4.79 Å². The van der Waals surface area contributed by atoms with Gasteiger partial charge in [-0.2, -0.15) is 0 Å². The highest BCUT2D eigenvalue weighted by molar-refractivity contribution is 4.95. The molecule has 2 rings (SSSR count). The summed E-state index contributed by atoms with van der Waals surface area (Å²) >= 11 is 0. The Labute approximate surface area is 77.2 Å². The van der Waals surface area contributed by atoms with Gasteiger partial charge in [0.15, 0.2) is 5.43 Å². The Kier molecular flexibility index (Phi) is 2.19. The molecule has 3 nitrogen and oxygen atoms in total. The fourth-order valence-electron chi connectivity index (χ4n) is 1.48. The second kappa shape index (κ2) is 3.34. The molecule has 1 aromatic heterocycles. The zero-order valence-electron chi connectivity index (χ0n) is 7.52. The molecule has 0 aromatic carbocycles. The molecule has 1 atom stereocenters. The zero-order valence-corrected chi connectivity index (χ0v) is 7.52. The average Bonchev–Trinajstić information content (AvgIpc) is 2.91. The molecule has 0 spiro atoms. The van der Waals surface area contributed by atoms with E-state index in [1.807, 2.05) is 4.57 Å². The van der Waals surface area contributed by atoms with Gasteiger partial charge in [0.1, 0.15) is 0 Å². The second-order valence-electron chi connectivity index (χ2n) is 3.73. The first-order valence-electron chi connectivity index (χ1n) is 4.67. The van der Waals surface area contributed by atoms with Crippen LogP contribution in [0, 0.1) is 5.92 Å². The first-order chi connectivity index (χ1) is 6.25. The molecule has 1 heterocycles. The lowest BCUT2D eigenvalue weighted by Gasteiger charge is -2.12. The van der Waals surface area contributed by atoms with Gasteiger partial charge in [-0.25, -0.2) is 0 Å². The van der Waals surface area contributed by atoms with Crippen molar-refractivity contribution in [3.05, 3.63) is 34.7 Å². The van der Waals surface area contributed by atoms with Crippen molar-refractivity contribution in [2.24, 2.45) is 11.7 Å². The van der Waals surface area contributed by atoms with Gasteiger partial charge in [-0.15, -0.1) is 0 Å². The van der Waals surface area contributed by atoms with E-state index in [2.05, 4.69) is 0 Å². The van der Waals surface area contributed by atoms with Crippen LogP contribution in [-0.2, 0) is 6.54 Å². The van der Waals surface area contributed by atoms with Crippen LogP contribution in [0.2, 0.25) is 0 Å². The first kappa shape index (κ1) is 8.51. The number of pyridine rings is 1. The zero-order chi connectivity index (χ0) is 9.26. The Morgan fingerprint density at radius 2 is 2.08 bits per heavy atom. The Hall–Kier alpha value is -1.09. The van der Waals surface area contributed by atoms with Gasteiger partial charge in [-0.1, -0.05) is 0 Å². The lowest BCUT2D eigenvalue weighted by Crippen LogP contribution is -2.28. The van der Waals surface area contributed by atoms with Gasteiger partial charge < -0.3 is 10.3 Å².